The van der Waals surface area contributed by atoms with Crippen LogP contribution < -0.4 is 0 Å². The molecular weight excluding hydrogens is 151 g/mol. The van der Waals surface area contributed by atoms with Gasteiger partial charge in [0, 0.05) is 11.9 Å². The summed E-state index contributed by atoms with van der Waals surface area (Å²) >= 11 is 0. The minimum atomic E-state index is -2.08. The third-order valence-corrected chi connectivity index (χ3v) is 1.29. The number of carboxylic acid groups (broad SMARTS) is 1. The van der Waals surface area contributed by atoms with E-state index < -0.39 is 12.3 Å². The Balaban J connectivity index is 2.92. The first-order valence-electron chi connectivity index (χ1n) is 3.00. The number of aryl methyl sites for hydroxylation is 1. The number of alkyl halides is 1. The number of rotatable bonds is 2. The van der Waals surface area contributed by atoms with Crippen molar-refractivity contribution < 1.29 is 14.3 Å². The smallest absolute Gasteiger partial charge is 0.361 e. The van der Waals surface area contributed by atoms with Crippen LogP contribution in [-0.4, -0.2) is 20.9 Å². The second-order valence-electron chi connectivity index (χ2n) is 2.09. The molecule has 0 radical (unpaired) electrons. The van der Waals surface area contributed by atoms with Gasteiger partial charge in [-0.05, 0) is 13.0 Å². The van der Waals surface area contributed by atoms with Gasteiger partial charge in [0.15, 0.2) is 0 Å². The molecule has 0 fully saturated rings. The highest BCUT2D eigenvalue weighted by molar-refractivity contribution is 5.70. The van der Waals surface area contributed by atoms with Crippen molar-refractivity contribution in [3.05, 3.63) is 18.0 Å². The van der Waals surface area contributed by atoms with Gasteiger partial charge in [-0.25, -0.2) is 13.9 Å². The molecule has 1 heterocycles. The van der Waals surface area contributed by atoms with E-state index in [1.54, 1.807) is 6.92 Å². The molecule has 0 spiro atoms. The van der Waals surface area contributed by atoms with E-state index in [0.29, 0.717) is 5.69 Å². The summed E-state index contributed by atoms with van der Waals surface area (Å²) in [5, 5.41) is 11.7. The summed E-state index contributed by atoms with van der Waals surface area (Å²) in [6.45, 7) is 1.59. The fourth-order valence-corrected chi connectivity index (χ4v) is 0.722. The van der Waals surface area contributed by atoms with Gasteiger partial charge in [0.1, 0.15) is 0 Å². The molecule has 0 saturated heterocycles. The molecule has 0 aliphatic carbocycles. The number of aliphatic carboxylic acids is 1. The molecule has 0 amide bonds. The molecule has 1 aromatic heterocycles. The van der Waals surface area contributed by atoms with Crippen molar-refractivity contribution in [3.63, 3.8) is 0 Å². The fraction of sp³-hybridized carbons (Fsp3) is 0.333. The molecular formula is C6H7FN2O2. The first-order valence-corrected chi connectivity index (χ1v) is 3.00. The van der Waals surface area contributed by atoms with Crippen molar-refractivity contribution in [2.45, 2.75) is 13.2 Å². The van der Waals surface area contributed by atoms with Crippen LogP contribution in [0.5, 0.6) is 0 Å². The highest BCUT2D eigenvalue weighted by Gasteiger charge is 2.19. The number of carboxylic acids is 1. The summed E-state index contributed by atoms with van der Waals surface area (Å²) in [4.78, 5) is 10.1. The molecule has 1 unspecified atom stereocenters. The summed E-state index contributed by atoms with van der Waals surface area (Å²) in [6.07, 6.45) is -0.727. The zero-order chi connectivity index (χ0) is 8.43. The SMILES string of the molecule is Cc1ccnn1C(F)C(=O)O. The second kappa shape index (κ2) is 2.69. The van der Waals surface area contributed by atoms with Gasteiger partial charge in [-0.3, -0.25) is 0 Å². The van der Waals surface area contributed by atoms with Crippen molar-refractivity contribution in [1.29, 1.82) is 0 Å². The van der Waals surface area contributed by atoms with E-state index in [1.165, 1.54) is 12.3 Å². The Kier molecular flexibility index (Phi) is 1.89. The largest absolute Gasteiger partial charge is 0.478 e. The molecule has 5 heteroatoms. The Bertz CT molecular complexity index is 271. The molecule has 0 bridgehead atoms. The first kappa shape index (κ1) is 7.71. The van der Waals surface area contributed by atoms with Crippen molar-refractivity contribution in [3.8, 4) is 0 Å². The molecule has 60 valence electrons. The van der Waals surface area contributed by atoms with E-state index in [0.717, 1.165) is 4.68 Å². The quantitative estimate of drug-likeness (QED) is 0.690. The van der Waals surface area contributed by atoms with Gasteiger partial charge in [-0.1, -0.05) is 0 Å². The zero-order valence-corrected chi connectivity index (χ0v) is 5.86. The minimum Gasteiger partial charge on any atom is -0.478 e. The third-order valence-electron chi connectivity index (χ3n) is 1.29. The molecule has 1 atom stereocenters. The predicted octanol–water partition coefficient (Wildman–Crippen LogP) is 0.744. The lowest BCUT2D eigenvalue weighted by Gasteiger charge is -2.04. The van der Waals surface area contributed by atoms with Gasteiger partial charge < -0.3 is 5.11 Å². The van der Waals surface area contributed by atoms with Gasteiger partial charge in [0.2, 0.25) is 0 Å². The number of hydrogen-bond acceptors (Lipinski definition) is 2. The molecule has 1 aromatic rings. The van der Waals surface area contributed by atoms with E-state index in [2.05, 4.69) is 5.10 Å². The Morgan fingerprint density at radius 1 is 1.91 bits per heavy atom. The predicted molar refractivity (Wildman–Crippen MR) is 34.7 cm³/mol. The van der Waals surface area contributed by atoms with Crippen LogP contribution in [0.3, 0.4) is 0 Å². The van der Waals surface area contributed by atoms with E-state index in [-0.39, 0.29) is 0 Å². The van der Waals surface area contributed by atoms with Crippen LogP contribution in [0.25, 0.3) is 0 Å². The zero-order valence-electron chi connectivity index (χ0n) is 5.86. The topological polar surface area (TPSA) is 55.1 Å². The van der Waals surface area contributed by atoms with Gasteiger partial charge >= 0.3 is 5.97 Å². The Morgan fingerprint density at radius 2 is 2.55 bits per heavy atom. The number of halogens is 1. The average Bonchev–Trinajstić information content (AvgIpc) is 2.33. The van der Waals surface area contributed by atoms with E-state index >= 15 is 0 Å². The molecule has 0 aliphatic heterocycles. The molecule has 0 aliphatic rings. The molecule has 4 nitrogen and oxygen atoms in total. The van der Waals surface area contributed by atoms with Crippen LogP contribution in [0.1, 0.15) is 12.0 Å². The Labute approximate surface area is 62.3 Å². The maximum atomic E-state index is 12.7. The average molecular weight is 158 g/mol. The lowest BCUT2D eigenvalue weighted by Crippen LogP contribution is -2.16. The summed E-state index contributed by atoms with van der Waals surface area (Å²) in [6, 6.07) is 1.54. The molecule has 11 heavy (non-hydrogen) atoms. The normalized spacial score (nSPS) is 12.9. The maximum Gasteiger partial charge on any atom is 0.361 e. The van der Waals surface area contributed by atoms with Crippen molar-refractivity contribution >= 4 is 5.97 Å². The standard InChI is InChI=1S/C6H7FN2O2/c1-4-2-3-8-9(4)5(7)6(10)11/h2-3,5H,1H3,(H,10,11). The van der Waals surface area contributed by atoms with Crippen molar-refractivity contribution in [2.24, 2.45) is 0 Å². The van der Waals surface area contributed by atoms with Crippen LogP contribution in [0.2, 0.25) is 0 Å². The number of aromatic nitrogens is 2. The number of nitrogens with zero attached hydrogens (tertiary/aromatic N) is 2. The summed E-state index contributed by atoms with van der Waals surface area (Å²) in [5.74, 6) is -1.53. The molecule has 1 N–H and O–H groups in total. The molecule has 1 rings (SSSR count). The monoisotopic (exact) mass is 158 g/mol. The lowest BCUT2D eigenvalue weighted by molar-refractivity contribution is -0.147. The van der Waals surface area contributed by atoms with Gasteiger partial charge in [-0.15, -0.1) is 0 Å². The number of hydrogen-bond donors (Lipinski definition) is 1. The fourth-order valence-electron chi connectivity index (χ4n) is 0.722. The summed E-state index contributed by atoms with van der Waals surface area (Å²) < 4.78 is 13.5. The highest BCUT2D eigenvalue weighted by atomic mass is 19.1. The minimum absolute atomic E-state index is 0.486. The van der Waals surface area contributed by atoms with E-state index in [1.807, 2.05) is 0 Å². The first-order chi connectivity index (χ1) is 5.13. The molecule has 0 aromatic carbocycles. The van der Waals surface area contributed by atoms with Gasteiger partial charge in [0.05, 0.1) is 0 Å². The van der Waals surface area contributed by atoms with Gasteiger partial charge in [-0.2, -0.15) is 5.10 Å². The van der Waals surface area contributed by atoms with Crippen LogP contribution in [-0.2, 0) is 4.79 Å². The Hall–Kier alpha value is -1.39. The maximum absolute atomic E-state index is 12.7. The lowest BCUT2D eigenvalue weighted by atomic mass is 10.5. The van der Waals surface area contributed by atoms with Crippen LogP contribution in [0.15, 0.2) is 12.3 Å². The highest BCUT2D eigenvalue weighted by Crippen LogP contribution is 2.09. The second-order valence-corrected chi connectivity index (χ2v) is 2.09. The Morgan fingerprint density at radius 3 is 2.91 bits per heavy atom. The van der Waals surface area contributed by atoms with E-state index in [4.69, 9.17) is 5.11 Å². The van der Waals surface area contributed by atoms with Crippen LogP contribution in [0, 0.1) is 6.92 Å². The van der Waals surface area contributed by atoms with E-state index in [9.17, 15) is 9.18 Å². The summed E-state index contributed by atoms with van der Waals surface area (Å²) in [7, 11) is 0. The van der Waals surface area contributed by atoms with Crippen LogP contribution >= 0.6 is 0 Å². The van der Waals surface area contributed by atoms with Crippen molar-refractivity contribution in [1.82, 2.24) is 9.78 Å². The van der Waals surface area contributed by atoms with Gasteiger partial charge in [0.25, 0.3) is 6.30 Å². The number of carbonyl (C=O) groups is 1. The molecule has 0 saturated carbocycles. The van der Waals surface area contributed by atoms with Crippen molar-refractivity contribution in [2.75, 3.05) is 0 Å². The van der Waals surface area contributed by atoms with Crippen LogP contribution in [0.4, 0.5) is 4.39 Å². The summed E-state index contributed by atoms with van der Waals surface area (Å²) in [5.41, 5.74) is 0.486. The third kappa shape index (κ3) is 1.36.